The molecular weight excluding hydrogens is 747 g/mol. The molecule has 1 aliphatic rings. The summed E-state index contributed by atoms with van der Waals surface area (Å²) in [4.78, 5) is 104. The summed E-state index contributed by atoms with van der Waals surface area (Å²) in [6.45, 7) is 5.16. The lowest BCUT2D eigenvalue weighted by Gasteiger charge is -2.31. The Kier molecular flexibility index (Phi) is 18.6. The number of carbonyl (C=O) groups excluding carboxylic acids is 6. The fraction of sp³-hybridized carbons (Fsp3) is 0.588. The van der Waals surface area contributed by atoms with Crippen molar-refractivity contribution in [2.24, 2.45) is 11.7 Å². The number of aliphatic carboxylic acids is 2. The molecule has 0 spiro atoms. The molecule has 1 aromatic rings. The maximum absolute atomic E-state index is 14.1. The van der Waals surface area contributed by atoms with Crippen LogP contribution in [0.4, 0.5) is 0 Å². The second kappa shape index (κ2) is 22.0. The Labute approximate surface area is 323 Å². The molecule has 6 amide bonds. The minimum atomic E-state index is -1.40. The number of rotatable bonds is 21. The van der Waals surface area contributed by atoms with Gasteiger partial charge in [-0.15, -0.1) is 0 Å². The summed E-state index contributed by atoms with van der Waals surface area (Å²) in [6.07, 6.45) is -0.146. The molecule has 1 heterocycles. The van der Waals surface area contributed by atoms with Gasteiger partial charge < -0.3 is 52.5 Å². The molecule has 1 fully saturated rings. The van der Waals surface area contributed by atoms with Gasteiger partial charge in [-0.05, 0) is 56.2 Å². The zero-order valence-corrected chi connectivity index (χ0v) is 32.1. The van der Waals surface area contributed by atoms with E-state index in [1.54, 1.807) is 0 Å². The molecule has 0 bridgehead atoms. The maximum atomic E-state index is 14.1. The van der Waals surface area contributed by atoms with E-state index in [0.717, 1.165) is 0 Å². The van der Waals surface area contributed by atoms with Gasteiger partial charge in [-0.25, -0.2) is 4.79 Å². The van der Waals surface area contributed by atoms with E-state index >= 15 is 0 Å². The number of phenols is 1. The molecular formula is C34H51N7O11S2. The van der Waals surface area contributed by atoms with Gasteiger partial charge >= 0.3 is 11.9 Å². The van der Waals surface area contributed by atoms with Crippen LogP contribution in [0.3, 0.4) is 0 Å². The number of nitrogens with zero attached hydrogens (tertiary/aromatic N) is 1. The smallest absolute Gasteiger partial charge is 0.327 e. The first kappa shape index (κ1) is 45.6. The monoisotopic (exact) mass is 797 g/mol. The number of carbonyl (C=O) groups is 8. The third kappa shape index (κ3) is 14.3. The zero-order valence-electron chi connectivity index (χ0n) is 30.3. The van der Waals surface area contributed by atoms with Crippen LogP contribution in [0.2, 0.25) is 0 Å². The first-order valence-electron chi connectivity index (χ1n) is 17.4. The van der Waals surface area contributed by atoms with Gasteiger partial charge in [-0.1, -0.05) is 26.0 Å². The summed E-state index contributed by atoms with van der Waals surface area (Å²) < 4.78 is 0. The minimum Gasteiger partial charge on any atom is -0.508 e. The third-order valence-corrected chi connectivity index (χ3v) is 9.29. The summed E-state index contributed by atoms with van der Waals surface area (Å²) in [5.74, 6) is -7.42. The molecule has 18 nitrogen and oxygen atoms in total. The average Bonchev–Trinajstić information content (AvgIpc) is 3.61. The molecule has 2 rings (SSSR count). The minimum absolute atomic E-state index is 0.0512. The van der Waals surface area contributed by atoms with E-state index in [-0.39, 0.29) is 55.4 Å². The Hall–Kier alpha value is -4.56. The van der Waals surface area contributed by atoms with Gasteiger partial charge in [0.2, 0.25) is 35.4 Å². The topological polar surface area (TPSA) is 287 Å². The predicted molar refractivity (Wildman–Crippen MR) is 202 cm³/mol. The SMILES string of the molecule is CC(C)C[C@H](NC(=O)[C@H](Cc1ccc(O)cc1)NC(=O)[C@H](CCC(=O)O)NC(=O)[C@@H](N)CS)C(=O)N1CCC[C@H]1C(=O)N[C@@H](C)C(=O)N[C@@H](CS)C(=O)O. The van der Waals surface area contributed by atoms with Crippen molar-refractivity contribution in [1.29, 1.82) is 0 Å². The average molecular weight is 798 g/mol. The molecule has 0 aromatic heterocycles. The molecule has 1 saturated heterocycles. The van der Waals surface area contributed by atoms with Crippen LogP contribution < -0.4 is 32.3 Å². The summed E-state index contributed by atoms with van der Waals surface area (Å²) in [7, 11) is 0. The van der Waals surface area contributed by atoms with Crippen LogP contribution in [-0.2, 0) is 44.8 Å². The Morgan fingerprint density at radius 3 is 1.93 bits per heavy atom. The maximum Gasteiger partial charge on any atom is 0.327 e. The highest BCUT2D eigenvalue weighted by Crippen LogP contribution is 2.21. The highest BCUT2D eigenvalue weighted by molar-refractivity contribution is 7.80. The van der Waals surface area contributed by atoms with E-state index < -0.39 is 96.1 Å². The molecule has 20 heteroatoms. The first-order valence-corrected chi connectivity index (χ1v) is 18.7. The van der Waals surface area contributed by atoms with Crippen LogP contribution in [0.1, 0.15) is 58.4 Å². The number of amides is 6. The lowest BCUT2D eigenvalue weighted by Crippen LogP contribution is -2.60. The largest absolute Gasteiger partial charge is 0.508 e. The summed E-state index contributed by atoms with van der Waals surface area (Å²) in [6, 6.07) is -2.69. The summed E-state index contributed by atoms with van der Waals surface area (Å²) >= 11 is 7.90. The van der Waals surface area contributed by atoms with Crippen LogP contribution in [0.5, 0.6) is 5.75 Å². The van der Waals surface area contributed by atoms with Crippen LogP contribution in [0.15, 0.2) is 24.3 Å². The highest BCUT2D eigenvalue weighted by atomic mass is 32.1. The molecule has 10 N–H and O–H groups in total. The van der Waals surface area contributed by atoms with Gasteiger partial charge in [0, 0.05) is 30.9 Å². The molecule has 0 aliphatic carbocycles. The molecule has 1 aromatic carbocycles. The van der Waals surface area contributed by atoms with Crippen LogP contribution in [-0.4, -0.2) is 128 Å². The normalized spacial score (nSPS) is 17.2. The van der Waals surface area contributed by atoms with Crippen LogP contribution in [0, 0.1) is 5.92 Å². The van der Waals surface area contributed by atoms with Crippen LogP contribution in [0.25, 0.3) is 0 Å². The fourth-order valence-electron chi connectivity index (χ4n) is 5.57. The summed E-state index contributed by atoms with van der Waals surface area (Å²) in [5, 5.41) is 40.7. The number of likely N-dealkylation sites (tertiary alicyclic amines) is 1. The molecule has 1 aliphatic heterocycles. The zero-order chi connectivity index (χ0) is 40.7. The molecule has 54 heavy (non-hydrogen) atoms. The Morgan fingerprint density at radius 1 is 0.796 bits per heavy atom. The number of aromatic hydroxyl groups is 1. The standard InChI is InChI=1S/C34H51N7O11S2/c1-17(2)13-24(33(50)41-12-4-5-26(41)32(49)36-18(3)28(45)40-25(16-54)34(51)52)39-31(48)23(14-19-6-8-20(42)9-7-19)38-30(47)22(10-11-27(43)44)37-29(46)21(35)15-53/h6-9,17-18,21-26,42,53-54H,4-5,10-16,35H2,1-3H3,(H,36,49)(H,37,46)(H,38,47)(H,39,48)(H,40,45)(H,43,44)(H,51,52)/t18-,21-,22-,23-,24-,25-,26-/m0/s1. The van der Waals surface area contributed by atoms with Crippen molar-refractivity contribution < 1.29 is 53.7 Å². The fourth-order valence-corrected chi connectivity index (χ4v) is 5.99. The Morgan fingerprint density at radius 2 is 1.37 bits per heavy atom. The predicted octanol–water partition coefficient (Wildman–Crippen LogP) is -1.45. The molecule has 300 valence electrons. The number of phenolic OH excluding ortho intramolecular Hbond substituents is 1. The van der Waals surface area contributed by atoms with E-state index in [4.69, 9.17) is 5.73 Å². The number of carboxylic acid groups (broad SMARTS) is 2. The molecule has 0 saturated carbocycles. The number of nitrogens with two attached hydrogens (primary N) is 1. The van der Waals surface area contributed by atoms with Gasteiger partial charge in [0.05, 0.1) is 6.04 Å². The lowest BCUT2D eigenvalue weighted by molar-refractivity contribution is -0.143. The number of benzene rings is 1. The number of hydrogen-bond acceptors (Lipinski definition) is 12. The van der Waals surface area contributed by atoms with E-state index in [1.165, 1.54) is 36.1 Å². The molecule has 0 unspecified atom stereocenters. The second-order valence-electron chi connectivity index (χ2n) is 13.4. The van der Waals surface area contributed by atoms with Crippen molar-refractivity contribution in [3.63, 3.8) is 0 Å². The molecule has 0 radical (unpaired) electrons. The van der Waals surface area contributed by atoms with Crippen molar-refractivity contribution >= 4 is 72.6 Å². The first-order chi connectivity index (χ1) is 25.4. The quantitative estimate of drug-likeness (QED) is 0.0638. The van der Waals surface area contributed by atoms with E-state index in [1.807, 2.05) is 13.8 Å². The van der Waals surface area contributed by atoms with Gasteiger partial charge in [-0.2, -0.15) is 25.3 Å². The van der Waals surface area contributed by atoms with E-state index in [9.17, 15) is 53.7 Å². The number of thiol groups is 2. The number of nitrogens with one attached hydrogen (secondary N) is 5. The molecule has 7 atom stereocenters. The highest BCUT2D eigenvalue weighted by Gasteiger charge is 2.40. The van der Waals surface area contributed by atoms with Gasteiger partial charge in [-0.3, -0.25) is 33.6 Å². The third-order valence-electron chi connectivity index (χ3n) is 8.53. The van der Waals surface area contributed by atoms with Crippen molar-refractivity contribution in [3.05, 3.63) is 29.8 Å². The number of carboxylic acids is 2. The van der Waals surface area contributed by atoms with E-state index in [0.29, 0.717) is 12.0 Å². The Bertz CT molecular complexity index is 1510. The van der Waals surface area contributed by atoms with Gasteiger partial charge in [0.15, 0.2) is 0 Å². The van der Waals surface area contributed by atoms with Crippen LogP contribution >= 0.6 is 25.3 Å². The van der Waals surface area contributed by atoms with Crippen molar-refractivity contribution in [2.45, 2.75) is 102 Å². The van der Waals surface area contributed by atoms with Gasteiger partial charge in [0.1, 0.15) is 42.0 Å². The van der Waals surface area contributed by atoms with Crippen molar-refractivity contribution in [3.8, 4) is 5.75 Å². The van der Waals surface area contributed by atoms with Crippen molar-refractivity contribution in [1.82, 2.24) is 31.5 Å². The summed E-state index contributed by atoms with van der Waals surface area (Å²) in [5.41, 5.74) is 6.24. The number of hydrogen-bond donors (Lipinski definition) is 11. The lowest BCUT2D eigenvalue weighted by atomic mass is 9.99. The second-order valence-corrected chi connectivity index (χ2v) is 14.1. The Balaban J connectivity index is 2.34. The van der Waals surface area contributed by atoms with Gasteiger partial charge in [0.25, 0.3) is 0 Å². The van der Waals surface area contributed by atoms with Crippen molar-refractivity contribution in [2.75, 3.05) is 18.1 Å². The van der Waals surface area contributed by atoms with E-state index in [2.05, 4.69) is 51.8 Å².